The van der Waals surface area contributed by atoms with Gasteiger partial charge in [-0.25, -0.2) is 0 Å². The maximum atomic E-state index is 12.9. The summed E-state index contributed by atoms with van der Waals surface area (Å²) >= 11 is 0. The highest BCUT2D eigenvalue weighted by molar-refractivity contribution is 5.82. The number of rotatable bonds is 8. The molecule has 0 aromatic heterocycles. The van der Waals surface area contributed by atoms with E-state index in [0.717, 1.165) is 25.8 Å². The molecule has 3 nitrogen and oxygen atoms in total. The van der Waals surface area contributed by atoms with Gasteiger partial charge in [0.05, 0.1) is 6.04 Å². The van der Waals surface area contributed by atoms with Crippen LogP contribution in [0, 0.1) is 5.92 Å². The Morgan fingerprint density at radius 3 is 2.15 bits per heavy atom. The molecule has 1 saturated carbocycles. The van der Waals surface area contributed by atoms with E-state index in [9.17, 15) is 4.79 Å². The van der Waals surface area contributed by atoms with Crippen LogP contribution >= 0.6 is 0 Å². The number of carbonyl (C=O) groups is 1. The summed E-state index contributed by atoms with van der Waals surface area (Å²) in [6.45, 7) is 1.44. The first-order valence-electron chi connectivity index (χ1n) is 9.92. The van der Waals surface area contributed by atoms with Gasteiger partial charge in [0.2, 0.25) is 5.91 Å². The third-order valence-corrected chi connectivity index (χ3v) is 5.33. The monoisotopic (exact) mass is 350 g/mol. The van der Waals surface area contributed by atoms with Gasteiger partial charge in [-0.3, -0.25) is 4.79 Å². The number of hydrogen-bond donors (Lipinski definition) is 2. The van der Waals surface area contributed by atoms with Crippen LogP contribution in [0.5, 0.6) is 0 Å². The molecule has 1 fully saturated rings. The molecule has 2 aromatic carbocycles. The SMILES string of the molecule is O=C(NCCc1ccccc1)[C@H](NCc1ccccc1)C1CCCCC1. The second-order valence-electron chi connectivity index (χ2n) is 7.27. The summed E-state index contributed by atoms with van der Waals surface area (Å²) in [5.74, 6) is 0.605. The van der Waals surface area contributed by atoms with Crippen molar-refractivity contribution in [2.75, 3.05) is 6.54 Å². The number of amides is 1. The first kappa shape index (κ1) is 18.7. The quantitative estimate of drug-likeness (QED) is 0.753. The van der Waals surface area contributed by atoms with Crippen molar-refractivity contribution < 1.29 is 4.79 Å². The molecule has 0 unspecified atom stereocenters. The Morgan fingerprint density at radius 1 is 0.885 bits per heavy atom. The average molecular weight is 351 g/mol. The zero-order valence-electron chi connectivity index (χ0n) is 15.5. The normalized spacial score (nSPS) is 16.2. The van der Waals surface area contributed by atoms with Crippen LogP contribution in [0.3, 0.4) is 0 Å². The van der Waals surface area contributed by atoms with Gasteiger partial charge in [0.15, 0.2) is 0 Å². The van der Waals surface area contributed by atoms with Gasteiger partial charge in [-0.05, 0) is 36.3 Å². The smallest absolute Gasteiger partial charge is 0.237 e. The highest BCUT2D eigenvalue weighted by Crippen LogP contribution is 2.27. The molecule has 1 amide bonds. The molecule has 0 heterocycles. The minimum absolute atomic E-state index is 0.0914. The van der Waals surface area contributed by atoms with E-state index in [1.807, 2.05) is 36.4 Å². The van der Waals surface area contributed by atoms with Crippen LogP contribution in [0.25, 0.3) is 0 Å². The summed E-state index contributed by atoms with van der Waals surface area (Å²) in [5.41, 5.74) is 2.49. The van der Waals surface area contributed by atoms with Crippen LogP contribution < -0.4 is 10.6 Å². The van der Waals surface area contributed by atoms with E-state index >= 15 is 0 Å². The standard InChI is InChI=1S/C23H30N2O/c26-23(24-17-16-19-10-4-1-5-11-19)22(21-14-8-3-9-15-21)25-18-20-12-6-2-7-13-20/h1-2,4-7,10-13,21-22,25H,3,8-9,14-18H2,(H,24,26)/t22-/m1/s1. The molecule has 1 aliphatic rings. The third kappa shape index (κ3) is 5.70. The second kappa shape index (κ2) is 10.1. The number of hydrogen-bond acceptors (Lipinski definition) is 2. The van der Waals surface area contributed by atoms with Gasteiger partial charge < -0.3 is 10.6 Å². The van der Waals surface area contributed by atoms with Gasteiger partial charge in [0.1, 0.15) is 0 Å². The van der Waals surface area contributed by atoms with Gasteiger partial charge in [-0.15, -0.1) is 0 Å². The lowest BCUT2D eigenvalue weighted by molar-refractivity contribution is -0.124. The van der Waals surface area contributed by atoms with Crippen molar-refractivity contribution in [1.82, 2.24) is 10.6 Å². The van der Waals surface area contributed by atoms with Crippen LogP contribution in [0.1, 0.15) is 43.2 Å². The minimum atomic E-state index is -0.0914. The molecule has 0 spiro atoms. The van der Waals surface area contributed by atoms with Crippen molar-refractivity contribution in [1.29, 1.82) is 0 Å². The van der Waals surface area contributed by atoms with Crippen molar-refractivity contribution in [2.24, 2.45) is 5.92 Å². The van der Waals surface area contributed by atoms with Crippen molar-refractivity contribution in [3.05, 3.63) is 71.8 Å². The van der Waals surface area contributed by atoms with E-state index in [1.54, 1.807) is 0 Å². The Hall–Kier alpha value is -2.13. The predicted octanol–water partition coefficient (Wildman–Crippen LogP) is 4.08. The number of carbonyl (C=O) groups excluding carboxylic acids is 1. The lowest BCUT2D eigenvalue weighted by atomic mass is 9.83. The summed E-state index contributed by atoms with van der Waals surface area (Å²) in [4.78, 5) is 12.9. The second-order valence-corrected chi connectivity index (χ2v) is 7.27. The minimum Gasteiger partial charge on any atom is -0.354 e. The van der Waals surface area contributed by atoms with E-state index in [2.05, 4.69) is 34.9 Å². The maximum absolute atomic E-state index is 12.9. The average Bonchev–Trinajstić information content (AvgIpc) is 2.70. The summed E-state index contributed by atoms with van der Waals surface area (Å²) in [7, 11) is 0. The fourth-order valence-electron chi connectivity index (χ4n) is 3.85. The van der Waals surface area contributed by atoms with Gasteiger partial charge in [-0.1, -0.05) is 79.9 Å². The first-order valence-corrected chi connectivity index (χ1v) is 9.92. The molecule has 138 valence electrons. The molecule has 26 heavy (non-hydrogen) atoms. The van der Waals surface area contributed by atoms with E-state index in [4.69, 9.17) is 0 Å². The molecule has 1 aliphatic carbocycles. The fraction of sp³-hybridized carbons (Fsp3) is 0.435. The summed E-state index contributed by atoms with van der Waals surface area (Å²) in [6.07, 6.45) is 6.97. The molecule has 3 rings (SSSR count). The van der Waals surface area contributed by atoms with E-state index < -0.39 is 0 Å². The number of nitrogens with one attached hydrogen (secondary N) is 2. The molecule has 0 radical (unpaired) electrons. The van der Waals surface area contributed by atoms with Gasteiger partial charge in [-0.2, -0.15) is 0 Å². The highest BCUT2D eigenvalue weighted by atomic mass is 16.2. The third-order valence-electron chi connectivity index (χ3n) is 5.33. The number of benzene rings is 2. The van der Waals surface area contributed by atoms with Crippen molar-refractivity contribution in [3.8, 4) is 0 Å². The molecule has 0 saturated heterocycles. The first-order chi connectivity index (χ1) is 12.8. The molecule has 0 bridgehead atoms. The van der Waals surface area contributed by atoms with Crippen LogP contribution in [0.4, 0.5) is 0 Å². The fourth-order valence-corrected chi connectivity index (χ4v) is 3.85. The Kier molecular flexibility index (Phi) is 7.26. The summed E-state index contributed by atoms with van der Waals surface area (Å²) in [6, 6.07) is 20.6. The van der Waals surface area contributed by atoms with E-state index in [1.165, 1.54) is 30.4 Å². The molecular weight excluding hydrogens is 320 g/mol. The molecular formula is C23H30N2O. The van der Waals surface area contributed by atoms with Crippen molar-refractivity contribution >= 4 is 5.91 Å². The van der Waals surface area contributed by atoms with Crippen LogP contribution in [0.15, 0.2) is 60.7 Å². The van der Waals surface area contributed by atoms with Crippen LogP contribution in [0.2, 0.25) is 0 Å². The Bertz CT molecular complexity index is 650. The Labute approximate surface area is 157 Å². The Morgan fingerprint density at radius 2 is 1.50 bits per heavy atom. The molecule has 2 aromatic rings. The molecule has 2 N–H and O–H groups in total. The lowest BCUT2D eigenvalue weighted by Crippen LogP contribution is -2.49. The molecule has 3 heteroatoms. The molecule has 1 atom stereocenters. The van der Waals surface area contributed by atoms with Gasteiger partial charge in [0, 0.05) is 13.1 Å². The Balaban J connectivity index is 1.55. The largest absolute Gasteiger partial charge is 0.354 e. The maximum Gasteiger partial charge on any atom is 0.237 e. The highest BCUT2D eigenvalue weighted by Gasteiger charge is 2.28. The van der Waals surface area contributed by atoms with Crippen molar-refractivity contribution in [2.45, 2.75) is 51.1 Å². The topological polar surface area (TPSA) is 41.1 Å². The van der Waals surface area contributed by atoms with E-state index in [-0.39, 0.29) is 11.9 Å². The predicted molar refractivity (Wildman–Crippen MR) is 107 cm³/mol. The summed E-state index contributed by atoms with van der Waals surface area (Å²) < 4.78 is 0. The lowest BCUT2D eigenvalue weighted by Gasteiger charge is -2.30. The van der Waals surface area contributed by atoms with Crippen LogP contribution in [-0.4, -0.2) is 18.5 Å². The zero-order chi connectivity index (χ0) is 18.0. The van der Waals surface area contributed by atoms with Crippen molar-refractivity contribution in [3.63, 3.8) is 0 Å². The van der Waals surface area contributed by atoms with Crippen LogP contribution in [-0.2, 0) is 17.8 Å². The summed E-state index contributed by atoms with van der Waals surface area (Å²) in [5, 5.41) is 6.71. The zero-order valence-corrected chi connectivity index (χ0v) is 15.5. The van der Waals surface area contributed by atoms with Gasteiger partial charge >= 0.3 is 0 Å². The molecule has 0 aliphatic heterocycles. The van der Waals surface area contributed by atoms with Gasteiger partial charge in [0.25, 0.3) is 0 Å². The van der Waals surface area contributed by atoms with E-state index in [0.29, 0.717) is 12.5 Å².